The fraction of sp³-hybridized carbons (Fsp3) is 1.00. The Kier molecular flexibility index (Phi) is 9.05. The molecule has 0 aromatic carbocycles. The smallest absolute Gasteiger partial charge is 0.170 e. The third kappa shape index (κ3) is 5.10. The summed E-state index contributed by atoms with van der Waals surface area (Å²) >= 11 is 0. The predicted molar refractivity (Wildman–Crippen MR) is 195 cm³/mol. The van der Waals surface area contributed by atoms with Gasteiger partial charge in [0.1, 0.15) is 6.10 Å². The van der Waals surface area contributed by atoms with Crippen molar-refractivity contribution in [3.05, 3.63) is 0 Å². The lowest BCUT2D eigenvalue weighted by Gasteiger charge is -2.64. The van der Waals surface area contributed by atoms with E-state index in [4.69, 9.17) is 18.9 Å². The minimum Gasteiger partial charge on any atom is -0.390 e. The molecule has 5 aliphatic carbocycles. The van der Waals surface area contributed by atoms with Crippen LogP contribution in [0, 0.1) is 50.7 Å². The molecular formula is C42H72N2O6. The first kappa shape index (κ1) is 36.6. The van der Waals surface area contributed by atoms with Gasteiger partial charge in [0.15, 0.2) is 6.29 Å². The number of hydrogen-bond acceptors (Lipinski definition) is 8. The van der Waals surface area contributed by atoms with E-state index in [9.17, 15) is 10.2 Å². The van der Waals surface area contributed by atoms with E-state index < -0.39 is 17.8 Å². The third-order valence-corrected chi connectivity index (χ3v) is 17.6. The van der Waals surface area contributed by atoms with Crippen molar-refractivity contribution in [2.45, 2.75) is 169 Å². The Bertz CT molecular complexity index is 1270. The van der Waals surface area contributed by atoms with Crippen LogP contribution in [0.2, 0.25) is 0 Å². The van der Waals surface area contributed by atoms with E-state index in [1.807, 2.05) is 20.8 Å². The molecule has 8 nitrogen and oxygen atoms in total. The van der Waals surface area contributed by atoms with E-state index in [2.05, 4.69) is 51.3 Å². The molecule has 2 N–H and O–H groups in total. The van der Waals surface area contributed by atoms with Crippen molar-refractivity contribution in [3.63, 3.8) is 0 Å². The monoisotopic (exact) mass is 701 g/mol. The van der Waals surface area contributed by atoms with Crippen LogP contribution in [0.1, 0.15) is 120 Å². The molecule has 8 heteroatoms. The van der Waals surface area contributed by atoms with Crippen LogP contribution in [0.15, 0.2) is 0 Å². The zero-order valence-electron chi connectivity index (χ0n) is 33.1. The summed E-state index contributed by atoms with van der Waals surface area (Å²) in [7, 11) is 0. The number of aliphatic hydroxyl groups is 2. The van der Waals surface area contributed by atoms with Crippen LogP contribution >= 0.6 is 0 Å². The summed E-state index contributed by atoms with van der Waals surface area (Å²) in [5.74, 6) is 1.86. The highest BCUT2D eigenvalue weighted by atomic mass is 16.7. The van der Waals surface area contributed by atoms with Crippen LogP contribution in [0.25, 0.3) is 0 Å². The summed E-state index contributed by atoms with van der Waals surface area (Å²) in [5, 5.41) is 23.7. The van der Waals surface area contributed by atoms with Crippen molar-refractivity contribution in [1.82, 2.24) is 9.80 Å². The second kappa shape index (κ2) is 12.3. The van der Waals surface area contributed by atoms with Crippen molar-refractivity contribution in [1.29, 1.82) is 0 Å². The first-order valence-corrected chi connectivity index (χ1v) is 20.9. The maximum Gasteiger partial charge on any atom is 0.170 e. The Hall–Kier alpha value is -0.320. The van der Waals surface area contributed by atoms with E-state index in [1.54, 1.807) is 0 Å². The average molecular weight is 701 g/mol. The molecule has 0 aromatic rings. The number of rotatable bonds is 9. The zero-order valence-corrected chi connectivity index (χ0v) is 33.1. The molecule has 0 bridgehead atoms. The van der Waals surface area contributed by atoms with Crippen LogP contribution in [-0.4, -0.2) is 114 Å². The van der Waals surface area contributed by atoms with E-state index in [0.717, 1.165) is 39.1 Å². The molecule has 0 radical (unpaired) electrons. The third-order valence-electron chi connectivity index (χ3n) is 17.6. The Morgan fingerprint density at radius 1 is 0.980 bits per heavy atom. The number of likely N-dealkylation sites (tertiary alicyclic amines) is 1. The van der Waals surface area contributed by atoms with Crippen LogP contribution in [-0.2, 0) is 18.9 Å². The van der Waals surface area contributed by atoms with E-state index >= 15 is 0 Å². The van der Waals surface area contributed by atoms with Crippen LogP contribution in [0.5, 0.6) is 0 Å². The molecule has 50 heavy (non-hydrogen) atoms. The van der Waals surface area contributed by atoms with Gasteiger partial charge >= 0.3 is 0 Å². The predicted octanol–water partition coefficient (Wildman–Crippen LogP) is 6.11. The topological polar surface area (TPSA) is 83.9 Å². The fourth-order valence-corrected chi connectivity index (χ4v) is 15.1. The molecule has 0 aromatic heterocycles. The Morgan fingerprint density at radius 2 is 1.70 bits per heavy atom. The summed E-state index contributed by atoms with van der Waals surface area (Å²) in [4.78, 5) is 5.18. The van der Waals surface area contributed by atoms with Gasteiger partial charge in [0.25, 0.3) is 0 Å². The van der Waals surface area contributed by atoms with E-state index in [-0.39, 0.29) is 40.8 Å². The lowest BCUT2D eigenvalue weighted by molar-refractivity contribution is -0.251. The largest absolute Gasteiger partial charge is 0.390 e. The fourth-order valence-electron chi connectivity index (χ4n) is 15.1. The molecule has 3 heterocycles. The van der Waals surface area contributed by atoms with Gasteiger partial charge in [-0.15, -0.1) is 0 Å². The number of fused-ring (bicyclic) bond motifs is 4. The van der Waals surface area contributed by atoms with Crippen molar-refractivity contribution < 1.29 is 29.2 Å². The van der Waals surface area contributed by atoms with Gasteiger partial charge in [0, 0.05) is 37.7 Å². The molecule has 8 aliphatic rings. The van der Waals surface area contributed by atoms with E-state index in [0.29, 0.717) is 47.2 Å². The van der Waals surface area contributed by atoms with Crippen LogP contribution in [0.3, 0.4) is 0 Å². The Labute approximate surface area is 303 Å². The SMILES string of the molecule is CCO[C@@H]([C@H]1C[C@@H](C)[C@H]2[C@H](O1)[C@H](O)[C@]1(C)[C@@H]3CC[C@H]4C(C)(C)[C@@H](O[C@H]5CN([C@H](C)CN6CCC6)CCO5)CC[C@@]45C[C@@]35CC[C@@]21C)C(C)(C)O. The standard InChI is InChI=1S/C42H72N2O6/c1-10-47-36(38(6,7)46)28-22-26(2)33-34(49-28)35(45)40(9)30-13-12-29-37(4,5)31(14-15-41(29)25-42(30,41)17-16-39(33,40)8)50-32-24-44(20-21-48-32)27(3)23-43-18-11-19-43/h26-36,45-46H,10-25H2,1-9H3/t26-,27-,28-,29+,30+,31+,32+,33+,34+,35+,36+,39+,40+,41-,42+/m1/s1. The minimum absolute atomic E-state index is 0.0245. The van der Waals surface area contributed by atoms with Gasteiger partial charge < -0.3 is 34.1 Å². The molecule has 3 saturated heterocycles. The molecule has 15 atom stereocenters. The summed E-state index contributed by atoms with van der Waals surface area (Å²) < 4.78 is 26.5. The zero-order chi connectivity index (χ0) is 35.6. The summed E-state index contributed by atoms with van der Waals surface area (Å²) in [6.07, 6.45) is 9.50. The summed E-state index contributed by atoms with van der Waals surface area (Å²) in [6, 6.07) is 0.537. The number of morpholine rings is 1. The van der Waals surface area contributed by atoms with Gasteiger partial charge in [-0.2, -0.15) is 0 Å². The number of aliphatic hydroxyl groups excluding tert-OH is 1. The number of hydrogen-bond donors (Lipinski definition) is 2. The highest BCUT2D eigenvalue weighted by molar-refractivity contribution is 5.33. The quantitative estimate of drug-likeness (QED) is 0.298. The molecule has 3 aliphatic heterocycles. The van der Waals surface area contributed by atoms with Gasteiger partial charge in [-0.05, 0) is 144 Å². The minimum atomic E-state index is -1.01. The highest BCUT2D eigenvalue weighted by Crippen LogP contribution is 2.89. The lowest BCUT2D eigenvalue weighted by atomic mass is 9.41. The molecule has 0 unspecified atom stereocenters. The molecule has 8 rings (SSSR count). The molecule has 8 fully saturated rings. The maximum atomic E-state index is 12.6. The van der Waals surface area contributed by atoms with Crippen LogP contribution < -0.4 is 0 Å². The van der Waals surface area contributed by atoms with Gasteiger partial charge in [-0.3, -0.25) is 4.90 Å². The first-order chi connectivity index (χ1) is 23.5. The van der Waals surface area contributed by atoms with Gasteiger partial charge in [-0.25, -0.2) is 0 Å². The molecule has 2 spiro atoms. The normalized spacial score (nSPS) is 51.3. The van der Waals surface area contributed by atoms with Crippen molar-refractivity contribution in [2.75, 3.05) is 45.9 Å². The number of nitrogens with zero attached hydrogens (tertiary/aromatic N) is 2. The van der Waals surface area contributed by atoms with Gasteiger partial charge in [0.2, 0.25) is 0 Å². The summed E-state index contributed by atoms with van der Waals surface area (Å²) in [6.45, 7) is 27.3. The van der Waals surface area contributed by atoms with Crippen molar-refractivity contribution >= 4 is 0 Å². The Balaban J connectivity index is 0.993. The Morgan fingerprint density at radius 3 is 2.38 bits per heavy atom. The second-order valence-electron chi connectivity index (χ2n) is 20.5. The van der Waals surface area contributed by atoms with Gasteiger partial charge in [0.05, 0.1) is 36.6 Å². The second-order valence-corrected chi connectivity index (χ2v) is 20.5. The highest BCUT2D eigenvalue weighted by Gasteiger charge is 2.84. The van der Waals surface area contributed by atoms with Crippen molar-refractivity contribution in [2.24, 2.45) is 50.7 Å². The van der Waals surface area contributed by atoms with E-state index in [1.165, 1.54) is 58.0 Å². The van der Waals surface area contributed by atoms with Crippen LogP contribution in [0.4, 0.5) is 0 Å². The maximum absolute atomic E-state index is 12.6. The van der Waals surface area contributed by atoms with Crippen molar-refractivity contribution in [3.8, 4) is 0 Å². The number of ether oxygens (including phenoxy) is 4. The first-order valence-electron chi connectivity index (χ1n) is 20.9. The molecule has 0 amide bonds. The summed E-state index contributed by atoms with van der Waals surface area (Å²) in [5.41, 5.74) is -0.423. The molecule has 5 saturated carbocycles. The molecular weight excluding hydrogens is 628 g/mol. The van der Waals surface area contributed by atoms with Gasteiger partial charge in [-0.1, -0.05) is 34.6 Å². The lowest BCUT2D eigenvalue weighted by Crippen LogP contribution is -2.60. The average Bonchev–Trinajstić information content (AvgIpc) is 3.67. The molecule has 286 valence electrons.